The third-order valence-corrected chi connectivity index (χ3v) is 5.68. The fourth-order valence-corrected chi connectivity index (χ4v) is 4.05. The molecule has 2 amide bonds. The van der Waals surface area contributed by atoms with Crippen molar-refractivity contribution in [2.45, 2.75) is 65.1 Å². The minimum absolute atomic E-state index is 0.0182. The van der Waals surface area contributed by atoms with Gasteiger partial charge in [0.05, 0.1) is 0 Å². The van der Waals surface area contributed by atoms with E-state index in [0.29, 0.717) is 25.8 Å². The van der Waals surface area contributed by atoms with Crippen molar-refractivity contribution < 1.29 is 9.59 Å². The number of hydrogen-bond acceptors (Lipinski definition) is 2. The number of benzene rings is 3. The molecule has 3 aromatic rings. The van der Waals surface area contributed by atoms with Gasteiger partial charge in [-0.3, -0.25) is 9.59 Å². The molecule has 0 saturated heterocycles. The van der Waals surface area contributed by atoms with Gasteiger partial charge in [-0.2, -0.15) is 0 Å². The number of aryl methyl sites for hydroxylation is 2. The molecule has 0 spiro atoms. The van der Waals surface area contributed by atoms with E-state index >= 15 is 0 Å². The van der Waals surface area contributed by atoms with Crippen LogP contribution in [0.2, 0.25) is 0 Å². The van der Waals surface area contributed by atoms with E-state index in [1.165, 1.54) is 0 Å². The molecular formula is C30H36N2O2. The highest BCUT2D eigenvalue weighted by Crippen LogP contribution is 2.18. The number of rotatable bonds is 9. The zero-order valence-electron chi connectivity index (χ0n) is 20.8. The van der Waals surface area contributed by atoms with Gasteiger partial charge in [0, 0.05) is 24.9 Å². The van der Waals surface area contributed by atoms with Crippen LogP contribution in [-0.4, -0.2) is 28.3 Å². The van der Waals surface area contributed by atoms with Gasteiger partial charge in [0.25, 0.3) is 0 Å². The summed E-state index contributed by atoms with van der Waals surface area (Å²) < 4.78 is 0. The number of nitrogens with zero attached hydrogens (tertiary/aromatic N) is 1. The van der Waals surface area contributed by atoms with Gasteiger partial charge in [-0.25, -0.2) is 0 Å². The number of carbonyl (C=O) groups excluding carboxylic acids is 2. The molecule has 0 heterocycles. The van der Waals surface area contributed by atoms with Crippen molar-refractivity contribution >= 4 is 11.8 Å². The van der Waals surface area contributed by atoms with Crippen molar-refractivity contribution in [3.63, 3.8) is 0 Å². The molecule has 0 fully saturated rings. The molecule has 1 N–H and O–H groups in total. The van der Waals surface area contributed by atoms with Crippen LogP contribution in [0, 0.1) is 6.92 Å². The van der Waals surface area contributed by atoms with E-state index in [1.807, 2.05) is 107 Å². The Hall–Kier alpha value is -3.40. The first-order valence-corrected chi connectivity index (χ1v) is 12.0. The summed E-state index contributed by atoms with van der Waals surface area (Å²) in [6.45, 7) is 8.33. The molecule has 0 unspecified atom stereocenters. The van der Waals surface area contributed by atoms with Crippen molar-refractivity contribution in [1.82, 2.24) is 10.2 Å². The maximum Gasteiger partial charge on any atom is 0.243 e. The molecule has 3 aromatic carbocycles. The largest absolute Gasteiger partial charge is 0.350 e. The molecule has 0 aliphatic rings. The minimum atomic E-state index is -0.606. The second-order valence-corrected chi connectivity index (χ2v) is 9.94. The van der Waals surface area contributed by atoms with Crippen LogP contribution in [-0.2, 0) is 29.0 Å². The second kappa shape index (κ2) is 11.6. The SMILES string of the molecule is Cc1cccc(CN(C(=O)CCc2ccccc2)[C@H](Cc2ccccc2)C(=O)NC(C)(C)C)c1. The zero-order valence-corrected chi connectivity index (χ0v) is 20.8. The van der Waals surface area contributed by atoms with E-state index in [9.17, 15) is 9.59 Å². The standard InChI is InChI=1S/C30H36N2O2/c1-23-12-11-17-26(20-23)22-32(28(33)19-18-24-13-7-5-8-14-24)27(29(34)31-30(2,3)4)21-25-15-9-6-10-16-25/h5-17,20,27H,18-19,21-22H2,1-4H3,(H,31,34)/t27-/m1/s1. The van der Waals surface area contributed by atoms with Gasteiger partial charge in [-0.15, -0.1) is 0 Å². The number of hydrogen-bond donors (Lipinski definition) is 1. The summed E-state index contributed by atoms with van der Waals surface area (Å²) in [7, 11) is 0. The van der Waals surface area contributed by atoms with Crippen molar-refractivity contribution in [1.29, 1.82) is 0 Å². The van der Waals surface area contributed by atoms with Crippen LogP contribution in [0.1, 0.15) is 49.4 Å². The lowest BCUT2D eigenvalue weighted by Crippen LogP contribution is -2.54. The highest BCUT2D eigenvalue weighted by molar-refractivity contribution is 5.88. The molecule has 0 aliphatic carbocycles. The predicted molar refractivity (Wildman–Crippen MR) is 138 cm³/mol. The Kier molecular flexibility index (Phi) is 8.64. The van der Waals surface area contributed by atoms with E-state index < -0.39 is 11.6 Å². The lowest BCUT2D eigenvalue weighted by Gasteiger charge is -2.34. The average molecular weight is 457 g/mol. The summed E-state index contributed by atoms with van der Waals surface area (Å²) in [4.78, 5) is 29.0. The molecular weight excluding hydrogens is 420 g/mol. The summed E-state index contributed by atoms with van der Waals surface area (Å²) in [5.74, 6) is -0.146. The second-order valence-electron chi connectivity index (χ2n) is 9.94. The predicted octanol–water partition coefficient (Wildman–Crippen LogP) is 5.48. The molecule has 1 atom stereocenters. The molecule has 4 heteroatoms. The number of nitrogens with one attached hydrogen (secondary N) is 1. The Balaban J connectivity index is 1.92. The average Bonchev–Trinajstić information content (AvgIpc) is 2.80. The third kappa shape index (κ3) is 7.87. The normalized spacial score (nSPS) is 12.1. The summed E-state index contributed by atoms with van der Waals surface area (Å²) in [5.41, 5.74) is 3.91. The van der Waals surface area contributed by atoms with Crippen molar-refractivity contribution in [3.05, 3.63) is 107 Å². The minimum Gasteiger partial charge on any atom is -0.350 e. The molecule has 178 valence electrons. The fourth-order valence-electron chi connectivity index (χ4n) is 4.05. The molecule has 3 rings (SSSR count). The van der Waals surface area contributed by atoms with E-state index in [-0.39, 0.29) is 11.8 Å². The Morgan fingerprint density at radius 1 is 0.824 bits per heavy atom. The lowest BCUT2D eigenvalue weighted by molar-refractivity contribution is -0.141. The van der Waals surface area contributed by atoms with Gasteiger partial charge < -0.3 is 10.2 Å². The summed E-state index contributed by atoms with van der Waals surface area (Å²) in [6.07, 6.45) is 1.46. The summed E-state index contributed by atoms with van der Waals surface area (Å²) >= 11 is 0. The van der Waals surface area contributed by atoms with Crippen LogP contribution < -0.4 is 5.32 Å². The van der Waals surface area contributed by atoms with Crippen molar-refractivity contribution in [2.24, 2.45) is 0 Å². The van der Waals surface area contributed by atoms with E-state index in [1.54, 1.807) is 4.90 Å². The molecule has 4 nitrogen and oxygen atoms in total. The van der Waals surface area contributed by atoms with Crippen molar-refractivity contribution in [2.75, 3.05) is 0 Å². The van der Waals surface area contributed by atoms with Gasteiger partial charge >= 0.3 is 0 Å². The lowest BCUT2D eigenvalue weighted by atomic mass is 9.99. The Morgan fingerprint density at radius 2 is 1.41 bits per heavy atom. The van der Waals surface area contributed by atoms with Gasteiger partial charge in [0.1, 0.15) is 6.04 Å². The van der Waals surface area contributed by atoms with Gasteiger partial charge in [-0.05, 0) is 50.8 Å². The first-order valence-electron chi connectivity index (χ1n) is 12.0. The molecule has 34 heavy (non-hydrogen) atoms. The van der Waals surface area contributed by atoms with Crippen LogP contribution in [0.5, 0.6) is 0 Å². The number of amides is 2. The molecule has 0 bridgehead atoms. The van der Waals surface area contributed by atoms with Gasteiger partial charge in [0.2, 0.25) is 11.8 Å². The Bertz CT molecular complexity index is 1070. The van der Waals surface area contributed by atoms with Crippen LogP contribution in [0.4, 0.5) is 0 Å². The van der Waals surface area contributed by atoms with Crippen LogP contribution in [0.3, 0.4) is 0 Å². The molecule has 0 radical (unpaired) electrons. The third-order valence-electron chi connectivity index (χ3n) is 5.68. The smallest absolute Gasteiger partial charge is 0.243 e. The van der Waals surface area contributed by atoms with E-state index in [2.05, 4.69) is 11.4 Å². The molecule has 0 aromatic heterocycles. The maximum atomic E-state index is 13.7. The molecule has 0 aliphatic heterocycles. The quantitative estimate of drug-likeness (QED) is 0.463. The topological polar surface area (TPSA) is 49.4 Å². The van der Waals surface area contributed by atoms with Crippen molar-refractivity contribution in [3.8, 4) is 0 Å². The fraction of sp³-hybridized carbons (Fsp3) is 0.333. The number of carbonyl (C=O) groups is 2. The Morgan fingerprint density at radius 3 is 2.00 bits per heavy atom. The first kappa shape index (κ1) is 25.2. The maximum absolute atomic E-state index is 13.7. The van der Waals surface area contributed by atoms with E-state index in [4.69, 9.17) is 0 Å². The van der Waals surface area contributed by atoms with E-state index in [0.717, 1.165) is 22.3 Å². The zero-order chi connectivity index (χ0) is 24.6. The van der Waals surface area contributed by atoms with Gasteiger partial charge in [0.15, 0.2) is 0 Å². The summed E-state index contributed by atoms with van der Waals surface area (Å²) in [5, 5.41) is 3.11. The highest BCUT2D eigenvalue weighted by Gasteiger charge is 2.32. The monoisotopic (exact) mass is 456 g/mol. The van der Waals surface area contributed by atoms with Crippen LogP contribution in [0.25, 0.3) is 0 Å². The first-order chi connectivity index (χ1) is 16.2. The van der Waals surface area contributed by atoms with Crippen LogP contribution >= 0.6 is 0 Å². The summed E-state index contributed by atoms with van der Waals surface area (Å²) in [6, 6.07) is 27.5. The van der Waals surface area contributed by atoms with Gasteiger partial charge in [-0.1, -0.05) is 90.5 Å². The highest BCUT2D eigenvalue weighted by atomic mass is 16.2. The Labute approximate surface area is 204 Å². The van der Waals surface area contributed by atoms with Crippen LogP contribution in [0.15, 0.2) is 84.9 Å². The molecule has 0 saturated carbocycles.